The monoisotopic (exact) mass is 449 g/mol. The highest BCUT2D eigenvalue weighted by atomic mass is 35.5. The fourth-order valence-corrected chi connectivity index (χ4v) is 3.88. The highest BCUT2D eigenvalue weighted by Crippen LogP contribution is 2.34. The molecule has 0 spiro atoms. The lowest BCUT2D eigenvalue weighted by Gasteiger charge is -2.38. The summed E-state index contributed by atoms with van der Waals surface area (Å²) in [5.74, 6) is 0.202. The van der Waals surface area contributed by atoms with Crippen LogP contribution in [0.2, 0.25) is 10.0 Å². The van der Waals surface area contributed by atoms with Crippen LogP contribution in [0.4, 0.5) is 11.4 Å². The zero-order valence-corrected chi connectivity index (χ0v) is 17.7. The van der Waals surface area contributed by atoms with Crippen molar-refractivity contribution in [1.82, 2.24) is 4.90 Å². The maximum absolute atomic E-state index is 13.0. The quantitative estimate of drug-likeness (QED) is 0.776. The van der Waals surface area contributed by atoms with Crippen molar-refractivity contribution < 1.29 is 19.1 Å². The summed E-state index contributed by atoms with van der Waals surface area (Å²) in [6, 6.07) is 12.4. The molecule has 1 fully saturated rings. The Morgan fingerprint density at radius 1 is 1.07 bits per heavy atom. The molecule has 0 aliphatic carbocycles. The Hall–Kier alpha value is -2.48. The number of amides is 2. The summed E-state index contributed by atoms with van der Waals surface area (Å²) >= 11 is 12.2. The molecule has 2 aliphatic heterocycles. The van der Waals surface area contributed by atoms with E-state index in [1.165, 1.54) is 0 Å². The molecular formula is C21H21Cl2N3O4. The van der Waals surface area contributed by atoms with E-state index in [1.54, 1.807) is 29.2 Å². The van der Waals surface area contributed by atoms with E-state index in [-0.39, 0.29) is 29.9 Å². The van der Waals surface area contributed by atoms with Crippen molar-refractivity contribution >= 4 is 46.4 Å². The van der Waals surface area contributed by atoms with Gasteiger partial charge in [-0.05, 0) is 24.3 Å². The van der Waals surface area contributed by atoms with Crippen molar-refractivity contribution in [1.29, 1.82) is 0 Å². The number of nitrogens with one attached hydrogen (secondary N) is 1. The number of rotatable bonds is 4. The van der Waals surface area contributed by atoms with Crippen molar-refractivity contribution in [3.63, 3.8) is 0 Å². The predicted octanol–water partition coefficient (Wildman–Crippen LogP) is 3.06. The Morgan fingerprint density at radius 3 is 2.63 bits per heavy atom. The third kappa shape index (κ3) is 4.48. The molecular weight excluding hydrogens is 429 g/mol. The van der Waals surface area contributed by atoms with Gasteiger partial charge in [0.25, 0.3) is 5.91 Å². The van der Waals surface area contributed by atoms with Crippen molar-refractivity contribution in [2.45, 2.75) is 6.10 Å². The summed E-state index contributed by atoms with van der Waals surface area (Å²) in [6.45, 7) is 2.41. The van der Waals surface area contributed by atoms with Gasteiger partial charge in [-0.1, -0.05) is 41.4 Å². The lowest BCUT2D eigenvalue weighted by Crippen LogP contribution is -2.53. The van der Waals surface area contributed by atoms with Crippen molar-refractivity contribution in [3.05, 3.63) is 52.5 Å². The lowest BCUT2D eigenvalue weighted by molar-refractivity contribution is -0.142. The van der Waals surface area contributed by atoms with Gasteiger partial charge in [0, 0.05) is 13.1 Å². The molecule has 158 valence electrons. The Balaban J connectivity index is 1.50. The highest BCUT2D eigenvalue weighted by molar-refractivity contribution is 6.44. The number of morpholine rings is 1. The van der Waals surface area contributed by atoms with Crippen molar-refractivity contribution in [2.24, 2.45) is 0 Å². The number of para-hydroxylation sites is 2. The van der Waals surface area contributed by atoms with Crippen LogP contribution in [0.25, 0.3) is 0 Å². The molecule has 0 aromatic heterocycles. The Morgan fingerprint density at radius 2 is 1.83 bits per heavy atom. The maximum Gasteiger partial charge on any atom is 0.265 e. The molecule has 2 aromatic rings. The molecule has 7 nitrogen and oxygen atoms in total. The molecule has 2 amide bonds. The van der Waals surface area contributed by atoms with Gasteiger partial charge in [-0.25, -0.2) is 0 Å². The minimum atomic E-state index is -0.694. The number of fused-ring (bicyclic) bond motifs is 1. The minimum Gasteiger partial charge on any atom is -0.477 e. The van der Waals surface area contributed by atoms with Crippen LogP contribution >= 0.6 is 23.2 Å². The lowest BCUT2D eigenvalue weighted by atomic mass is 10.1. The first-order valence-electron chi connectivity index (χ1n) is 9.64. The first-order valence-corrected chi connectivity index (χ1v) is 10.4. The van der Waals surface area contributed by atoms with Crippen molar-refractivity contribution in [3.8, 4) is 5.75 Å². The van der Waals surface area contributed by atoms with Gasteiger partial charge < -0.3 is 24.6 Å². The maximum atomic E-state index is 13.0. The Labute approximate surface area is 184 Å². The summed E-state index contributed by atoms with van der Waals surface area (Å²) < 4.78 is 11.3. The second-order valence-electron chi connectivity index (χ2n) is 7.04. The number of halogens is 2. The molecule has 30 heavy (non-hydrogen) atoms. The molecule has 1 atom stereocenters. The van der Waals surface area contributed by atoms with Gasteiger partial charge in [0.15, 0.2) is 6.10 Å². The average Bonchev–Trinajstić information content (AvgIpc) is 2.77. The zero-order chi connectivity index (χ0) is 21.1. The summed E-state index contributed by atoms with van der Waals surface area (Å²) in [7, 11) is 0. The smallest absolute Gasteiger partial charge is 0.265 e. The van der Waals surface area contributed by atoms with E-state index in [0.29, 0.717) is 42.8 Å². The Bertz CT molecular complexity index is 950. The fourth-order valence-electron chi connectivity index (χ4n) is 3.54. The number of hydrogen-bond donors (Lipinski definition) is 1. The molecule has 0 saturated carbocycles. The summed E-state index contributed by atoms with van der Waals surface area (Å²) in [4.78, 5) is 29.3. The number of nitrogens with zero attached hydrogens (tertiary/aromatic N) is 2. The molecule has 2 aliphatic rings. The van der Waals surface area contributed by atoms with E-state index < -0.39 is 6.10 Å². The average molecular weight is 450 g/mol. The first kappa shape index (κ1) is 20.8. The number of carbonyl (C=O) groups excluding carboxylic acids is 2. The third-order valence-electron chi connectivity index (χ3n) is 5.02. The van der Waals surface area contributed by atoms with Crippen LogP contribution < -0.4 is 15.0 Å². The fraction of sp³-hybridized carbons (Fsp3) is 0.333. The summed E-state index contributed by atoms with van der Waals surface area (Å²) in [5.41, 5.74) is 1.20. The molecule has 0 radical (unpaired) electrons. The van der Waals surface area contributed by atoms with Gasteiger partial charge in [0.2, 0.25) is 5.91 Å². The van der Waals surface area contributed by atoms with E-state index in [1.807, 2.05) is 23.1 Å². The van der Waals surface area contributed by atoms with Crippen LogP contribution in [0, 0.1) is 0 Å². The number of anilines is 2. The van der Waals surface area contributed by atoms with Gasteiger partial charge in [0.05, 0.1) is 47.7 Å². The van der Waals surface area contributed by atoms with Crippen LogP contribution in [-0.4, -0.2) is 62.2 Å². The van der Waals surface area contributed by atoms with Crippen LogP contribution in [0.3, 0.4) is 0 Å². The molecule has 4 rings (SSSR count). The molecule has 1 saturated heterocycles. The third-order valence-corrected chi connectivity index (χ3v) is 5.84. The number of carbonyl (C=O) groups is 2. The van der Waals surface area contributed by atoms with Gasteiger partial charge in [-0.2, -0.15) is 0 Å². The standard InChI is InChI=1S/C21H21Cl2N3O4/c22-14-4-3-5-15(20(14)23)24-19(27)13-26-12-18(21(28)25-8-10-29-11-9-25)30-17-7-2-1-6-16(17)26/h1-7,18H,8-13H2,(H,24,27)/t18-/m1/s1. The topological polar surface area (TPSA) is 71.1 Å². The van der Waals surface area contributed by atoms with Crippen LogP contribution in [-0.2, 0) is 14.3 Å². The molecule has 2 aromatic carbocycles. The normalized spacial score (nSPS) is 18.4. The number of hydrogen-bond acceptors (Lipinski definition) is 5. The molecule has 0 bridgehead atoms. The second kappa shape index (κ2) is 9.12. The first-order chi connectivity index (χ1) is 14.5. The van der Waals surface area contributed by atoms with Gasteiger partial charge in [-0.3, -0.25) is 9.59 Å². The van der Waals surface area contributed by atoms with E-state index in [4.69, 9.17) is 32.7 Å². The van der Waals surface area contributed by atoms with E-state index in [0.717, 1.165) is 5.69 Å². The van der Waals surface area contributed by atoms with E-state index in [9.17, 15) is 9.59 Å². The summed E-state index contributed by atoms with van der Waals surface area (Å²) in [6.07, 6.45) is -0.694. The van der Waals surface area contributed by atoms with E-state index in [2.05, 4.69) is 5.32 Å². The number of benzene rings is 2. The van der Waals surface area contributed by atoms with Gasteiger partial charge >= 0.3 is 0 Å². The highest BCUT2D eigenvalue weighted by Gasteiger charge is 2.34. The minimum absolute atomic E-state index is 0.0378. The zero-order valence-electron chi connectivity index (χ0n) is 16.1. The van der Waals surface area contributed by atoms with Gasteiger partial charge in [-0.15, -0.1) is 0 Å². The summed E-state index contributed by atoms with van der Waals surface area (Å²) in [5, 5.41) is 3.44. The predicted molar refractivity (Wildman–Crippen MR) is 116 cm³/mol. The van der Waals surface area contributed by atoms with Crippen LogP contribution in [0.5, 0.6) is 5.75 Å². The van der Waals surface area contributed by atoms with E-state index >= 15 is 0 Å². The molecule has 1 N–H and O–H groups in total. The molecule has 0 unspecified atom stereocenters. The van der Waals surface area contributed by atoms with Crippen LogP contribution in [0.1, 0.15) is 0 Å². The second-order valence-corrected chi connectivity index (χ2v) is 7.83. The van der Waals surface area contributed by atoms with Crippen LogP contribution in [0.15, 0.2) is 42.5 Å². The SMILES string of the molecule is O=C(CN1C[C@H](C(=O)N2CCOCC2)Oc2ccccc21)Nc1cccc(Cl)c1Cl. The van der Waals surface area contributed by atoms with Gasteiger partial charge in [0.1, 0.15) is 5.75 Å². The molecule has 9 heteroatoms. The molecule has 2 heterocycles. The Kier molecular flexibility index (Phi) is 6.32. The van der Waals surface area contributed by atoms with Crippen molar-refractivity contribution in [2.75, 3.05) is 49.6 Å². The number of ether oxygens (including phenoxy) is 2. The largest absolute Gasteiger partial charge is 0.477 e.